The van der Waals surface area contributed by atoms with E-state index in [1.807, 2.05) is 41.5 Å². The van der Waals surface area contributed by atoms with Crippen molar-refractivity contribution < 1.29 is 0 Å². The van der Waals surface area contributed by atoms with Crippen LogP contribution in [-0.4, -0.2) is 22.5 Å². The third-order valence-electron chi connectivity index (χ3n) is 2.06. The smallest absolute Gasteiger partial charge is 0.118 e. The lowest BCUT2D eigenvalue weighted by molar-refractivity contribution is 0.678. The Balaban J connectivity index is 3.08. The van der Waals surface area contributed by atoms with Crippen molar-refractivity contribution in [2.45, 2.75) is 52.6 Å². The van der Waals surface area contributed by atoms with Gasteiger partial charge in [0.15, 0.2) is 0 Å². The summed E-state index contributed by atoms with van der Waals surface area (Å²) in [6.45, 7) is 11.9. The molecule has 1 aliphatic heterocycles. The SMILES string of the molecule is CC(C)=NN=C1C(C)(C)N=NC1(C)C. The van der Waals surface area contributed by atoms with Crippen LogP contribution in [0.5, 0.6) is 0 Å². The summed E-state index contributed by atoms with van der Waals surface area (Å²) in [4.78, 5) is 0. The average Bonchev–Trinajstić information content (AvgIpc) is 2.19. The van der Waals surface area contributed by atoms with Gasteiger partial charge < -0.3 is 0 Å². The fourth-order valence-electron chi connectivity index (χ4n) is 1.49. The Morgan fingerprint density at radius 2 is 1.43 bits per heavy atom. The van der Waals surface area contributed by atoms with Gasteiger partial charge in [-0.2, -0.15) is 20.4 Å². The van der Waals surface area contributed by atoms with E-state index in [-0.39, 0.29) is 11.1 Å². The lowest BCUT2D eigenvalue weighted by atomic mass is 9.87. The maximum atomic E-state index is 4.25. The standard InChI is InChI=1S/C10H18N4/c1-7(2)11-12-8-9(3,4)13-14-10(8,5)6/h1-6H3. The third-order valence-corrected chi connectivity index (χ3v) is 2.06. The molecule has 0 aliphatic carbocycles. The van der Waals surface area contributed by atoms with Crippen molar-refractivity contribution in [2.75, 3.05) is 0 Å². The summed E-state index contributed by atoms with van der Waals surface area (Å²) in [5, 5.41) is 16.7. The zero-order valence-electron chi connectivity index (χ0n) is 9.79. The van der Waals surface area contributed by atoms with E-state index in [0.29, 0.717) is 0 Å². The van der Waals surface area contributed by atoms with Crippen molar-refractivity contribution in [3.05, 3.63) is 0 Å². The Labute approximate surface area is 85.2 Å². The minimum atomic E-state index is -0.317. The molecule has 1 rings (SSSR count). The summed E-state index contributed by atoms with van der Waals surface area (Å²) in [7, 11) is 0. The van der Waals surface area contributed by atoms with Crippen LogP contribution >= 0.6 is 0 Å². The molecule has 14 heavy (non-hydrogen) atoms. The first-order valence-corrected chi connectivity index (χ1v) is 4.79. The molecule has 0 amide bonds. The Bertz CT molecular complexity index is 297. The molecule has 0 fully saturated rings. The molecule has 78 valence electrons. The Morgan fingerprint density at radius 3 is 1.79 bits per heavy atom. The normalized spacial score (nSPS) is 22.3. The van der Waals surface area contributed by atoms with Gasteiger partial charge in [-0.15, -0.1) is 0 Å². The Morgan fingerprint density at radius 1 is 1.00 bits per heavy atom. The van der Waals surface area contributed by atoms with E-state index < -0.39 is 0 Å². The Kier molecular flexibility index (Phi) is 2.56. The number of rotatable bonds is 1. The van der Waals surface area contributed by atoms with Gasteiger partial charge in [0.25, 0.3) is 0 Å². The molecule has 0 atom stereocenters. The van der Waals surface area contributed by atoms with E-state index >= 15 is 0 Å². The van der Waals surface area contributed by atoms with Crippen LogP contribution in [0.4, 0.5) is 0 Å². The molecule has 0 N–H and O–H groups in total. The number of hydrogen-bond acceptors (Lipinski definition) is 4. The van der Waals surface area contributed by atoms with Crippen LogP contribution in [0.2, 0.25) is 0 Å². The number of nitrogens with zero attached hydrogens (tertiary/aromatic N) is 4. The fourth-order valence-corrected chi connectivity index (χ4v) is 1.49. The van der Waals surface area contributed by atoms with E-state index in [1.165, 1.54) is 0 Å². The van der Waals surface area contributed by atoms with Crippen LogP contribution in [0.3, 0.4) is 0 Å². The van der Waals surface area contributed by atoms with E-state index in [9.17, 15) is 0 Å². The van der Waals surface area contributed by atoms with Crippen molar-refractivity contribution in [3.63, 3.8) is 0 Å². The molecule has 4 heteroatoms. The summed E-state index contributed by atoms with van der Waals surface area (Å²) in [5.74, 6) is 0. The first-order chi connectivity index (χ1) is 6.26. The van der Waals surface area contributed by atoms with Crippen molar-refractivity contribution >= 4 is 11.4 Å². The van der Waals surface area contributed by atoms with Gasteiger partial charge in [-0.1, -0.05) is 0 Å². The van der Waals surface area contributed by atoms with Gasteiger partial charge in [0.05, 0.1) is 5.71 Å². The molecule has 0 aromatic heterocycles. The van der Waals surface area contributed by atoms with Crippen molar-refractivity contribution in [1.82, 2.24) is 0 Å². The average molecular weight is 194 g/mol. The molecule has 0 aromatic carbocycles. The highest BCUT2D eigenvalue weighted by atomic mass is 15.3. The largest absolute Gasteiger partial charge is 0.181 e. The molecule has 0 unspecified atom stereocenters. The highest BCUT2D eigenvalue weighted by Crippen LogP contribution is 2.31. The summed E-state index contributed by atoms with van der Waals surface area (Å²) in [5.41, 5.74) is 1.23. The first kappa shape index (κ1) is 11.0. The van der Waals surface area contributed by atoms with Gasteiger partial charge >= 0.3 is 0 Å². The van der Waals surface area contributed by atoms with Crippen LogP contribution in [0.25, 0.3) is 0 Å². The maximum absolute atomic E-state index is 4.25. The van der Waals surface area contributed by atoms with Gasteiger partial charge in [0.2, 0.25) is 0 Å². The lowest BCUT2D eigenvalue weighted by Crippen LogP contribution is -2.38. The summed E-state index contributed by atoms with van der Waals surface area (Å²) < 4.78 is 0. The summed E-state index contributed by atoms with van der Waals surface area (Å²) in [6, 6.07) is 0. The quantitative estimate of drug-likeness (QED) is 0.455. The zero-order valence-corrected chi connectivity index (χ0v) is 9.79. The number of hydrogen-bond donors (Lipinski definition) is 0. The van der Waals surface area contributed by atoms with Gasteiger partial charge in [0.1, 0.15) is 11.1 Å². The molecular weight excluding hydrogens is 176 g/mol. The molecule has 1 aliphatic rings. The summed E-state index contributed by atoms with van der Waals surface area (Å²) >= 11 is 0. The zero-order chi connectivity index (χ0) is 11.0. The summed E-state index contributed by atoms with van der Waals surface area (Å²) in [6.07, 6.45) is 0. The second kappa shape index (κ2) is 3.26. The second-order valence-electron chi connectivity index (χ2n) is 4.81. The van der Waals surface area contributed by atoms with Gasteiger partial charge in [-0.3, -0.25) is 0 Å². The maximum Gasteiger partial charge on any atom is 0.118 e. The highest BCUT2D eigenvalue weighted by molar-refractivity contribution is 6.01. The van der Waals surface area contributed by atoms with Gasteiger partial charge in [0, 0.05) is 5.71 Å². The van der Waals surface area contributed by atoms with Crippen LogP contribution in [0.1, 0.15) is 41.5 Å². The monoisotopic (exact) mass is 194 g/mol. The molecule has 0 saturated carbocycles. The van der Waals surface area contributed by atoms with Crippen molar-refractivity contribution in [3.8, 4) is 0 Å². The van der Waals surface area contributed by atoms with Crippen molar-refractivity contribution in [2.24, 2.45) is 20.4 Å². The second-order valence-corrected chi connectivity index (χ2v) is 4.81. The van der Waals surface area contributed by atoms with Crippen LogP contribution in [-0.2, 0) is 0 Å². The molecule has 0 radical (unpaired) electrons. The topological polar surface area (TPSA) is 49.4 Å². The molecule has 0 spiro atoms. The highest BCUT2D eigenvalue weighted by Gasteiger charge is 2.43. The predicted octanol–water partition coefficient (Wildman–Crippen LogP) is 2.85. The molecule has 0 bridgehead atoms. The Hall–Kier alpha value is -1.06. The van der Waals surface area contributed by atoms with Crippen LogP contribution in [0, 0.1) is 0 Å². The third kappa shape index (κ3) is 2.05. The van der Waals surface area contributed by atoms with Gasteiger partial charge in [-0.05, 0) is 41.5 Å². The lowest BCUT2D eigenvalue weighted by Gasteiger charge is -2.20. The minimum absolute atomic E-state index is 0.317. The van der Waals surface area contributed by atoms with E-state index in [0.717, 1.165) is 11.4 Å². The van der Waals surface area contributed by atoms with E-state index in [2.05, 4.69) is 20.4 Å². The molecule has 0 saturated heterocycles. The van der Waals surface area contributed by atoms with E-state index in [4.69, 9.17) is 0 Å². The first-order valence-electron chi connectivity index (χ1n) is 4.79. The van der Waals surface area contributed by atoms with Crippen LogP contribution in [0.15, 0.2) is 20.4 Å². The van der Waals surface area contributed by atoms with E-state index in [1.54, 1.807) is 0 Å². The predicted molar refractivity (Wildman–Crippen MR) is 59.2 cm³/mol. The molecule has 0 aromatic rings. The fraction of sp³-hybridized carbons (Fsp3) is 0.800. The molecular formula is C10H18N4. The minimum Gasteiger partial charge on any atom is -0.181 e. The van der Waals surface area contributed by atoms with Crippen molar-refractivity contribution in [1.29, 1.82) is 0 Å². The number of azo groups is 1. The molecule has 4 nitrogen and oxygen atoms in total. The molecule has 1 heterocycles. The van der Waals surface area contributed by atoms with Gasteiger partial charge in [-0.25, -0.2) is 0 Å². The van der Waals surface area contributed by atoms with Crippen LogP contribution < -0.4 is 0 Å².